The molecule has 100 valence electrons. The molecular formula is C15H15F2NO. The maximum atomic E-state index is 13.2. The van der Waals surface area contributed by atoms with Gasteiger partial charge in [-0.2, -0.15) is 0 Å². The summed E-state index contributed by atoms with van der Waals surface area (Å²) in [4.78, 5) is 0. The van der Waals surface area contributed by atoms with Crippen molar-refractivity contribution in [3.8, 4) is 5.75 Å². The highest BCUT2D eigenvalue weighted by atomic mass is 19.1. The first kappa shape index (κ1) is 13.5. The van der Waals surface area contributed by atoms with Crippen molar-refractivity contribution >= 4 is 0 Å². The Morgan fingerprint density at radius 1 is 1.00 bits per heavy atom. The molecule has 2 aromatic carbocycles. The highest BCUT2D eigenvalue weighted by molar-refractivity contribution is 5.24. The van der Waals surface area contributed by atoms with Crippen LogP contribution in [0.3, 0.4) is 0 Å². The minimum atomic E-state index is -0.551. The monoisotopic (exact) mass is 263 g/mol. The molecule has 0 fully saturated rings. The second-order valence-electron chi connectivity index (χ2n) is 4.09. The van der Waals surface area contributed by atoms with Crippen LogP contribution in [0, 0.1) is 11.6 Å². The summed E-state index contributed by atoms with van der Waals surface area (Å²) in [5, 5.41) is 3.16. The smallest absolute Gasteiger partial charge is 0.165 e. The summed E-state index contributed by atoms with van der Waals surface area (Å²) in [6.07, 6.45) is 0. The van der Waals surface area contributed by atoms with Crippen LogP contribution < -0.4 is 10.1 Å². The number of halogens is 2. The summed E-state index contributed by atoms with van der Waals surface area (Å²) in [5.41, 5.74) is 1.17. The van der Waals surface area contributed by atoms with Crippen LogP contribution in [0.1, 0.15) is 5.56 Å². The van der Waals surface area contributed by atoms with Gasteiger partial charge in [0.25, 0.3) is 0 Å². The summed E-state index contributed by atoms with van der Waals surface area (Å²) >= 11 is 0. The zero-order valence-corrected chi connectivity index (χ0v) is 10.4. The topological polar surface area (TPSA) is 21.3 Å². The Balaban J connectivity index is 1.71. The SMILES string of the molecule is Fc1ccc(F)c(OCCNCc2ccccc2)c1. The van der Waals surface area contributed by atoms with Crippen molar-refractivity contribution in [3.05, 3.63) is 65.7 Å². The van der Waals surface area contributed by atoms with Crippen molar-refractivity contribution in [1.29, 1.82) is 0 Å². The highest BCUT2D eigenvalue weighted by Gasteiger charge is 2.04. The Labute approximate surface area is 111 Å². The normalized spacial score (nSPS) is 10.4. The molecule has 1 N–H and O–H groups in total. The lowest BCUT2D eigenvalue weighted by Crippen LogP contribution is -2.20. The van der Waals surface area contributed by atoms with Crippen LogP contribution in [0.5, 0.6) is 5.75 Å². The van der Waals surface area contributed by atoms with E-state index >= 15 is 0 Å². The molecule has 2 aromatic rings. The van der Waals surface area contributed by atoms with Gasteiger partial charge in [-0.1, -0.05) is 30.3 Å². The summed E-state index contributed by atoms with van der Waals surface area (Å²) in [6, 6.07) is 13.1. The maximum absolute atomic E-state index is 13.2. The van der Waals surface area contributed by atoms with Crippen LogP contribution in [0.25, 0.3) is 0 Å². The quantitative estimate of drug-likeness (QED) is 0.808. The van der Waals surface area contributed by atoms with Gasteiger partial charge >= 0.3 is 0 Å². The van der Waals surface area contributed by atoms with E-state index in [1.165, 1.54) is 5.56 Å². The Bertz CT molecular complexity index is 517. The van der Waals surface area contributed by atoms with E-state index in [9.17, 15) is 8.78 Å². The van der Waals surface area contributed by atoms with Gasteiger partial charge in [-0.05, 0) is 17.7 Å². The number of rotatable bonds is 6. The molecule has 4 heteroatoms. The number of hydrogen-bond acceptors (Lipinski definition) is 2. The third-order valence-electron chi connectivity index (χ3n) is 2.60. The molecule has 0 saturated heterocycles. The molecule has 0 atom stereocenters. The molecule has 0 heterocycles. The number of nitrogens with one attached hydrogen (secondary N) is 1. The van der Waals surface area contributed by atoms with Crippen molar-refractivity contribution in [1.82, 2.24) is 5.32 Å². The summed E-state index contributed by atoms with van der Waals surface area (Å²) in [7, 11) is 0. The van der Waals surface area contributed by atoms with Crippen LogP contribution >= 0.6 is 0 Å². The van der Waals surface area contributed by atoms with Gasteiger partial charge < -0.3 is 10.1 Å². The average Bonchev–Trinajstić information content (AvgIpc) is 2.43. The zero-order chi connectivity index (χ0) is 13.5. The fourth-order valence-electron chi connectivity index (χ4n) is 1.65. The van der Waals surface area contributed by atoms with Crippen LogP contribution in [-0.4, -0.2) is 13.2 Å². The molecule has 0 spiro atoms. The van der Waals surface area contributed by atoms with Crippen molar-refractivity contribution in [3.63, 3.8) is 0 Å². The predicted octanol–water partition coefficient (Wildman–Crippen LogP) is 3.13. The summed E-state index contributed by atoms with van der Waals surface area (Å²) in [5.74, 6) is -1.11. The number of ether oxygens (including phenoxy) is 1. The van der Waals surface area contributed by atoms with E-state index < -0.39 is 11.6 Å². The molecule has 2 nitrogen and oxygen atoms in total. The van der Waals surface area contributed by atoms with Gasteiger partial charge in [0.2, 0.25) is 0 Å². The lowest BCUT2D eigenvalue weighted by molar-refractivity contribution is 0.296. The van der Waals surface area contributed by atoms with Crippen molar-refractivity contribution in [2.24, 2.45) is 0 Å². The van der Waals surface area contributed by atoms with E-state index in [0.29, 0.717) is 6.54 Å². The fraction of sp³-hybridized carbons (Fsp3) is 0.200. The molecule has 0 aromatic heterocycles. The Hall–Kier alpha value is -1.94. The van der Waals surface area contributed by atoms with Crippen molar-refractivity contribution in [2.75, 3.05) is 13.2 Å². The van der Waals surface area contributed by atoms with Crippen LogP contribution in [0.4, 0.5) is 8.78 Å². The van der Waals surface area contributed by atoms with E-state index in [1.54, 1.807) is 0 Å². The van der Waals surface area contributed by atoms with Crippen LogP contribution in [-0.2, 0) is 6.54 Å². The molecule has 19 heavy (non-hydrogen) atoms. The minimum Gasteiger partial charge on any atom is -0.489 e. The predicted molar refractivity (Wildman–Crippen MR) is 70.0 cm³/mol. The van der Waals surface area contributed by atoms with Gasteiger partial charge in [0, 0.05) is 19.2 Å². The molecule has 0 bridgehead atoms. The van der Waals surface area contributed by atoms with E-state index in [0.717, 1.165) is 24.7 Å². The van der Waals surface area contributed by atoms with Crippen LogP contribution in [0.2, 0.25) is 0 Å². The molecule has 2 rings (SSSR count). The second-order valence-corrected chi connectivity index (χ2v) is 4.09. The lowest BCUT2D eigenvalue weighted by Gasteiger charge is -2.08. The molecule has 0 amide bonds. The van der Waals surface area contributed by atoms with Gasteiger partial charge in [0.15, 0.2) is 11.6 Å². The van der Waals surface area contributed by atoms with Gasteiger partial charge in [0.05, 0.1) is 0 Å². The van der Waals surface area contributed by atoms with Gasteiger partial charge in [-0.25, -0.2) is 8.78 Å². The first-order chi connectivity index (χ1) is 9.25. The first-order valence-electron chi connectivity index (χ1n) is 6.08. The molecule has 0 aliphatic rings. The number of hydrogen-bond donors (Lipinski definition) is 1. The average molecular weight is 263 g/mol. The number of benzene rings is 2. The molecule has 0 unspecified atom stereocenters. The first-order valence-corrected chi connectivity index (χ1v) is 6.08. The third kappa shape index (κ3) is 4.34. The van der Waals surface area contributed by atoms with E-state index in [2.05, 4.69) is 5.32 Å². The molecule has 0 radical (unpaired) electrons. The minimum absolute atomic E-state index is 0.0542. The van der Waals surface area contributed by atoms with Gasteiger partial charge in [-0.3, -0.25) is 0 Å². The van der Waals surface area contributed by atoms with Crippen molar-refractivity contribution < 1.29 is 13.5 Å². The molecule has 0 aliphatic heterocycles. The van der Waals surface area contributed by atoms with E-state index in [-0.39, 0.29) is 12.4 Å². The highest BCUT2D eigenvalue weighted by Crippen LogP contribution is 2.17. The third-order valence-corrected chi connectivity index (χ3v) is 2.60. The largest absolute Gasteiger partial charge is 0.489 e. The standard InChI is InChI=1S/C15H15F2NO/c16-13-6-7-14(17)15(10-13)19-9-8-18-11-12-4-2-1-3-5-12/h1-7,10,18H,8-9,11H2. The van der Waals surface area contributed by atoms with E-state index in [1.807, 2.05) is 30.3 Å². The second kappa shape index (κ2) is 6.85. The molecule has 0 saturated carbocycles. The Morgan fingerprint density at radius 3 is 2.58 bits per heavy atom. The van der Waals surface area contributed by atoms with Crippen LogP contribution in [0.15, 0.2) is 48.5 Å². The molecular weight excluding hydrogens is 248 g/mol. The fourth-order valence-corrected chi connectivity index (χ4v) is 1.65. The lowest BCUT2D eigenvalue weighted by atomic mass is 10.2. The summed E-state index contributed by atoms with van der Waals surface area (Å²) < 4.78 is 31.3. The van der Waals surface area contributed by atoms with Gasteiger partial charge in [-0.15, -0.1) is 0 Å². The van der Waals surface area contributed by atoms with Crippen molar-refractivity contribution in [2.45, 2.75) is 6.54 Å². The van der Waals surface area contributed by atoms with Gasteiger partial charge in [0.1, 0.15) is 12.4 Å². The molecule has 0 aliphatic carbocycles. The zero-order valence-electron chi connectivity index (χ0n) is 10.4. The van der Waals surface area contributed by atoms with E-state index in [4.69, 9.17) is 4.74 Å². The maximum Gasteiger partial charge on any atom is 0.165 e. The Kier molecular flexibility index (Phi) is 4.86. The summed E-state index contributed by atoms with van der Waals surface area (Å²) in [6.45, 7) is 1.56. The Morgan fingerprint density at radius 2 is 1.79 bits per heavy atom.